The Kier molecular flexibility index (Phi) is 4.14. The van der Waals surface area contributed by atoms with Gasteiger partial charge >= 0.3 is 0 Å². The van der Waals surface area contributed by atoms with Crippen molar-refractivity contribution >= 4 is 40.7 Å². The molecule has 0 bridgehead atoms. The van der Waals surface area contributed by atoms with Gasteiger partial charge in [0, 0.05) is 23.4 Å². The number of ketones is 1. The second-order valence-electron chi connectivity index (χ2n) is 5.31. The van der Waals surface area contributed by atoms with Gasteiger partial charge in [0.05, 0.1) is 15.7 Å². The molecule has 0 saturated heterocycles. The van der Waals surface area contributed by atoms with Gasteiger partial charge < -0.3 is 0 Å². The van der Waals surface area contributed by atoms with Crippen molar-refractivity contribution in [3.63, 3.8) is 0 Å². The third kappa shape index (κ3) is 2.51. The van der Waals surface area contributed by atoms with Gasteiger partial charge in [-0.25, -0.2) is 0 Å². The lowest BCUT2D eigenvalue weighted by atomic mass is 10.0. The molecule has 0 amide bonds. The van der Waals surface area contributed by atoms with Crippen molar-refractivity contribution in [1.29, 1.82) is 0 Å². The Morgan fingerprint density at radius 1 is 1.36 bits per heavy atom. The van der Waals surface area contributed by atoms with Crippen LogP contribution in [0.1, 0.15) is 40.4 Å². The minimum atomic E-state index is -0.347. The minimum Gasteiger partial charge on any atom is -0.299 e. The molecular weight excluding hydrogens is 343 g/mol. The Labute approximate surface area is 141 Å². The van der Waals surface area contributed by atoms with Crippen LogP contribution in [0.15, 0.2) is 21.8 Å². The molecule has 7 heteroatoms. The zero-order chi connectivity index (χ0) is 16.0. The van der Waals surface area contributed by atoms with Gasteiger partial charge in [0.2, 0.25) is 5.78 Å². The summed E-state index contributed by atoms with van der Waals surface area (Å²) < 4.78 is 1.35. The maximum Gasteiger partial charge on any atom is 0.277 e. The third-order valence-corrected chi connectivity index (χ3v) is 5.55. The highest BCUT2D eigenvalue weighted by Crippen LogP contribution is 2.41. The molecule has 1 aliphatic rings. The number of benzene rings is 1. The smallest absolute Gasteiger partial charge is 0.277 e. The fourth-order valence-electron chi connectivity index (χ4n) is 2.49. The Hall–Kier alpha value is -1.17. The Morgan fingerprint density at radius 3 is 2.64 bits per heavy atom. The number of aromatic amines is 1. The SMILES string of the molecule is CSc1c(Cl)ccc(C(=O)c2c(C3CC3)[nH]n(C)c2=O)c1Cl. The average Bonchev–Trinajstić information content (AvgIpc) is 3.27. The standard InChI is InChI=1S/C15H14Cl2N2O2S/c1-19-15(21)10(12(18-19)7-3-4-7)13(20)8-5-6-9(16)14(22-2)11(8)17/h5-7,18H,3-4H2,1-2H3. The molecule has 0 unspecified atom stereocenters. The van der Waals surface area contributed by atoms with Crippen LogP contribution >= 0.6 is 35.0 Å². The van der Waals surface area contributed by atoms with Crippen molar-refractivity contribution in [3.05, 3.63) is 49.4 Å². The Bertz CT molecular complexity index is 822. The van der Waals surface area contributed by atoms with Crippen LogP contribution in [0.4, 0.5) is 0 Å². The molecule has 0 atom stereocenters. The van der Waals surface area contributed by atoms with Crippen molar-refractivity contribution in [2.75, 3.05) is 6.26 Å². The summed E-state index contributed by atoms with van der Waals surface area (Å²) in [6.07, 6.45) is 3.82. The summed E-state index contributed by atoms with van der Waals surface area (Å²) in [5, 5.41) is 3.79. The largest absolute Gasteiger partial charge is 0.299 e. The molecule has 0 spiro atoms. The molecule has 116 valence electrons. The summed E-state index contributed by atoms with van der Waals surface area (Å²) in [6, 6.07) is 3.22. The molecule has 1 aromatic heterocycles. The predicted octanol–water partition coefficient (Wildman–Crippen LogP) is 3.85. The van der Waals surface area contributed by atoms with E-state index in [9.17, 15) is 9.59 Å². The first-order valence-electron chi connectivity index (χ1n) is 6.81. The molecule has 1 aromatic carbocycles. The van der Waals surface area contributed by atoms with E-state index in [1.54, 1.807) is 19.2 Å². The van der Waals surface area contributed by atoms with Crippen LogP contribution in [0.25, 0.3) is 0 Å². The highest BCUT2D eigenvalue weighted by atomic mass is 35.5. The van der Waals surface area contributed by atoms with Gasteiger partial charge in [-0.3, -0.25) is 19.4 Å². The lowest BCUT2D eigenvalue weighted by Crippen LogP contribution is -2.20. The fourth-order valence-corrected chi connectivity index (χ4v) is 3.96. The first-order chi connectivity index (χ1) is 10.5. The third-order valence-electron chi connectivity index (χ3n) is 3.79. The van der Waals surface area contributed by atoms with E-state index in [-0.39, 0.29) is 22.8 Å². The molecule has 0 radical (unpaired) electrons. The molecule has 4 nitrogen and oxygen atoms in total. The first-order valence-corrected chi connectivity index (χ1v) is 8.79. The normalized spacial score (nSPS) is 14.4. The molecule has 0 aliphatic heterocycles. The van der Waals surface area contributed by atoms with Crippen LogP contribution in [-0.2, 0) is 7.05 Å². The van der Waals surface area contributed by atoms with Crippen molar-refractivity contribution in [3.8, 4) is 0 Å². The number of carbonyl (C=O) groups excluding carboxylic acids is 1. The number of rotatable bonds is 4. The van der Waals surface area contributed by atoms with Crippen LogP contribution in [0.2, 0.25) is 10.0 Å². The Balaban J connectivity index is 2.15. The summed E-state index contributed by atoms with van der Waals surface area (Å²) in [7, 11) is 1.61. The topological polar surface area (TPSA) is 54.9 Å². The monoisotopic (exact) mass is 356 g/mol. The number of carbonyl (C=O) groups is 1. The first kappa shape index (κ1) is 15.7. The Morgan fingerprint density at radius 2 is 2.05 bits per heavy atom. The average molecular weight is 357 g/mol. The molecule has 2 aromatic rings. The van der Waals surface area contributed by atoms with E-state index in [0.717, 1.165) is 12.8 Å². The number of nitrogens with zero attached hydrogens (tertiary/aromatic N) is 1. The fraction of sp³-hybridized carbons (Fsp3) is 0.333. The van der Waals surface area contributed by atoms with E-state index in [1.807, 2.05) is 6.26 Å². The molecular formula is C15H14Cl2N2O2S. The molecule has 3 rings (SSSR count). The van der Waals surface area contributed by atoms with Gasteiger partial charge in [-0.1, -0.05) is 23.2 Å². The zero-order valence-electron chi connectivity index (χ0n) is 12.1. The lowest BCUT2D eigenvalue weighted by Gasteiger charge is -2.08. The second-order valence-corrected chi connectivity index (χ2v) is 6.91. The van der Waals surface area contributed by atoms with Gasteiger partial charge in [-0.05, 0) is 31.2 Å². The number of aromatic nitrogens is 2. The highest BCUT2D eigenvalue weighted by Gasteiger charge is 2.33. The summed E-state index contributed by atoms with van der Waals surface area (Å²) in [4.78, 5) is 25.8. The number of hydrogen-bond acceptors (Lipinski definition) is 3. The van der Waals surface area contributed by atoms with E-state index in [1.165, 1.54) is 16.4 Å². The maximum atomic E-state index is 12.9. The van der Waals surface area contributed by atoms with Crippen LogP contribution in [0, 0.1) is 0 Å². The van der Waals surface area contributed by atoms with E-state index in [2.05, 4.69) is 5.10 Å². The molecule has 1 fully saturated rings. The van der Waals surface area contributed by atoms with Crippen LogP contribution in [0.5, 0.6) is 0 Å². The number of aryl methyl sites for hydroxylation is 1. The number of halogens is 2. The molecule has 1 N–H and O–H groups in total. The van der Waals surface area contributed by atoms with Crippen LogP contribution < -0.4 is 5.56 Å². The van der Waals surface area contributed by atoms with Crippen molar-refractivity contribution in [2.24, 2.45) is 7.05 Å². The summed E-state index contributed by atoms with van der Waals surface area (Å²) in [6.45, 7) is 0. The molecule has 22 heavy (non-hydrogen) atoms. The predicted molar refractivity (Wildman–Crippen MR) is 89.7 cm³/mol. The van der Waals surface area contributed by atoms with Crippen molar-refractivity contribution in [2.45, 2.75) is 23.7 Å². The van der Waals surface area contributed by atoms with Gasteiger partial charge in [0.15, 0.2) is 0 Å². The summed E-state index contributed by atoms with van der Waals surface area (Å²) >= 11 is 13.8. The van der Waals surface area contributed by atoms with Gasteiger partial charge in [-0.15, -0.1) is 11.8 Å². The summed E-state index contributed by atoms with van der Waals surface area (Å²) in [5.74, 6) is -0.0836. The summed E-state index contributed by atoms with van der Waals surface area (Å²) in [5.41, 5.74) is 0.910. The van der Waals surface area contributed by atoms with E-state index < -0.39 is 0 Å². The van der Waals surface area contributed by atoms with Crippen molar-refractivity contribution in [1.82, 2.24) is 9.78 Å². The van der Waals surface area contributed by atoms with Gasteiger partial charge in [-0.2, -0.15) is 0 Å². The quantitative estimate of drug-likeness (QED) is 0.668. The van der Waals surface area contributed by atoms with Crippen LogP contribution in [-0.4, -0.2) is 21.8 Å². The second kappa shape index (κ2) is 5.80. The zero-order valence-corrected chi connectivity index (χ0v) is 14.4. The highest BCUT2D eigenvalue weighted by molar-refractivity contribution is 7.98. The van der Waals surface area contributed by atoms with E-state index >= 15 is 0 Å². The van der Waals surface area contributed by atoms with E-state index in [0.29, 0.717) is 26.2 Å². The number of nitrogens with one attached hydrogen (secondary N) is 1. The minimum absolute atomic E-state index is 0.196. The number of thioether (sulfide) groups is 1. The number of hydrogen-bond donors (Lipinski definition) is 1. The molecule has 1 saturated carbocycles. The van der Waals surface area contributed by atoms with Crippen molar-refractivity contribution < 1.29 is 4.79 Å². The van der Waals surface area contributed by atoms with E-state index in [4.69, 9.17) is 23.2 Å². The van der Waals surface area contributed by atoms with Crippen LogP contribution in [0.3, 0.4) is 0 Å². The van der Waals surface area contributed by atoms with Gasteiger partial charge in [0.25, 0.3) is 5.56 Å². The lowest BCUT2D eigenvalue weighted by molar-refractivity contribution is 0.103. The molecule has 1 heterocycles. The molecule has 1 aliphatic carbocycles. The van der Waals surface area contributed by atoms with Gasteiger partial charge in [0.1, 0.15) is 5.56 Å². The maximum absolute atomic E-state index is 12.9. The number of H-pyrrole nitrogens is 1.